The van der Waals surface area contributed by atoms with Gasteiger partial charge in [0.1, 0.15) is 5.69 Å². The molecule has 1 heterocycles. The number of aromatic nitrogens is 3. The molecule has 11 heavy (non-hydrogen) atoms. The van der Waals surface area contributed by atoms with Gasteiger partial charge in [-0.1, -0.05) is 18.2 Å². The van der Waals surface area contributed by atoms with E-state index in [0.717, 1.165) is 5.69 Å². The highest BCUT2D eigenvalue weighted by atomic mass is 15.2. The molecule has 1 N–H and O–H groups in total. The molecule has 0 saturated heterocycles. The van der Waals surface area contributed by atoms with Gasteiger partial charge in [0.2, 0.25) is 6.33 Å². The second-order valence-corrected chi connectivity index (χ2v) is 2.25. The van der Waals surface area contributed by atoms with Crippen LogP contribution in [0.1, 0.15) is 0 Å². The summed E-state index contributed by atoms with van der Waals surface area (Å²) in [5.41, 5.74) is 1.11. The van der Waals surface area contributed by atoms with Gasteiger partial charge in [-0.05, 0) is 12.1 Å². The predicted molar refractivity (Wildman–Crippen MR) is 40.1 cm³/mol. The maximum absolute atomic E-state index is 3.84. The third-order valence-electron chi connectivity index (χ3n) is 1.51. The van der Waals surface area contributed by atoms with Gasteiger partial charge in [0, 0.05) is 5.10 Å². The van der Waals surface area contributed by atoms with E-state index in [9.17, 15) is 0 Å². The fraction of sp³-hybridized carbons (Fsp3) is 0. The van der Waals surface area contributed by atoms with Crippen molar-refractivity contribution in [2.75, 3.05) is 0 Å². The predicted octanol–water partition coefficient (Wildman–Crippen LogP) is 0.686. The lowest BCUT2D eigenvalue weighted by atomic mass is 10.3. The van der Waals surface area contributed by atoms with Crippen molar-refractivity contribution < 1.29 is 4.57 Å². The van der Waals surface area contributed by atoms with E-state index in [2.05, 4.69) is 10.2 Å². The summed E-state index contributed by atoms with van der Waals surface area (Å²) < 4.78 is 1.92. The fourth-order valence-electron chi connectivity index (χ4n) is 0.966. The van der Waals surface area contributed by atoms with E-state index in [1.807, 2.05) is 34.9 Å². The minimum absolute atomic E-state index is 1.11. The number of nitrogens with one attached hydrogen (secondary N) is 1. The molecule has 0 amide bonds. The first kappa shape index (κ1) is 6.09. The van der Waals surface area contributed by atoms with Crippen molar-refractivity contribution in [1.82, 2.24) is 10.2 Å². The van der Waals surface area contributed by atoms with Gasteiger partial charge >= 0.3 is 0 Å². The summed E-state index contributed by atoms with van der Waals surface area (Å²) in [6.07, 6.45) is 3.53. The lowest BCUT2D eigenvalue weighted by Gasteiger charge is -1.91. The van der Waals surface area contributed by atoms with E-state index >= 15 is 0 Å². The maximum Gasteiger partial charge on any atom is 0.269 e. The Morgan fingerprint density at radius 1 is 1.18 bits per heavy atom. The van der Waals surface area contributed by atoms with Crippen molar-refractivity contribution in [3.8, 4) is 5.69 Å². The smallest absolute Gasteiger partial charge is 0.204 e. The number of hydrogen-bond donors (Lipinski definition) is 1. The van der Waals surface area contributed by atoms with E-state index in [1.54, 1.807) is 12.7 Å². The Balaban J connectivity index is 2.46. The fourth-order valence-corrected chi connectivity index (χ4v) is 0.966. The first-order valence-corrected chi connectivity index (χ1v) is 3.42. The normalized spacial score (nSPS) is 9.82. The Labute approximate surface area is 64.3 Å². The summed E-state index contributed by atoms with van der Waals surface area (Å²) in [6.45, 7) is 0. The molecule has 0 fully saturated rings. The highest BCUT2D eigenvalue weighted by Crippen LogP contribution is 1.94. The zero-order valence-electron chi connectivity index (χ0n) is 5.94. The Hall–Kier alpha value is -1.64. The third-order valence-corrected chi connectivity index (χ3v) is 1.51. The van der Waals surface area contributed by atoms with Crippen molar-refractivity contribution in [2.24, 2.45) is 0 Å². The molecule has 3 heteroatoms. The van der Waals surface area contributed by atoms with Gasteiger partial charge in [0.05, 0.1) is 0 Å². The molecule has 54 valence electrons. The quantitative estimate of drug-likeness (QED) is 0.590. The highest BCUT2D eigenvalue weighted by molar-refractivity contribution is 5.20. The molecule has 0 atom stereocenters. The molecule has 0 aliphatic rings. The zero-order valence-corrected chi connectivity index (χ0v) is 5.94. The molecule has 3 nitrogen and oxygen atoms in total. The molecule has 0 saturated carbocycles. The number of benzene rings is 1. The van der Waals surface area contributed by atoms with Gasteiger partial charge in [-0.25, -0.2) is 4.57 Å². The van der Waals surface area contributed by atoms with E-state index < -0.39 is 0 Å². The number of para-hydroxylation sites is 1. The van der Waals surface area contributed by atoms with Crippen LogP contribution in [0.3, 0.4) is 0 Å². The van der Waals surface area contributed by atoms with Gasteiger partial charge in [0.25, 0.3) is 6.33 Å². The second kappa shape index (κ2) is 2.54. The van der Waals surface area contributed by atoms with Crippen LogP contribution in [0.4, 0.5) is 0 Å². The number of nitrogens with zero attached hydrogens (tertiary/aromatic N) is 2. The molecule has 0 radical (unpaired) electrons. The van der Waals surface area contributed by atoms with Gasteiger partial charge in [0.15, 0.2) is 0 Å². The summed E-state index contributed by atoms with van der Waals surface area (Å²) >= 11 is 0. The highest BCUT2D eigenvalue weighted by Gasteiger charge is 1.97. The van der Waals surface area contributed by atoms with Crippen molar-refractivity contribution in [3.63, 3.8) is 0 Å². The number of aromatic amines is 1. The summed E-state index contributed by atoms with van der Waals surface area (Å²) in [7, 11) is 0. The van der Waals surface area contributed by atoms with Crippen LogP contribution in [0.2, 0.25) is 0 Å². The molecule has 2 aromatic rings. The lowest BCUT2D eigenvalue weighted by Crippen LogP contribution is -2.26. The minimum atomic E-state index is 1.11. The Morgan fingerprint density at radius 3 is 2.64 bits per heavy atom. The molecule has 0 bridgehead atoms. The third kappa shape index (κ3) is 1.12. The molecule has 1 aromatic heterocycles. The van der Waals surface area contributed by atoms with Gasteiger partial charge in [-0.15, -0.1) is 5.10 Å². The first-order chi connectivity index (χ1) is 5.47. The van der Waals surface area contributed by atoms with Crippen LogP contribution < -0.4 is 4.57 Å². The number of H-pyrrole nitrogens is 1. The summed E-state index contributed by atoms with van der Waals surface area (Å²) in [4.78, 5) is 0. The van der Waals surface area contributed by atoms with Crippen molar-refractivity contribution in [1.29, 1.82) is 0 Å². The molecule has 0 unspecified atom stereocenters. The van der Waals surface area contributed by atoms with Gasteiger partial charge < -0.3 is 0 Å². The van der Waals surface area contributed by atoms with Crippen LogP contribution in [-0.4, -0.2) is 10.2 Å². The maximum atomic E-state index is 3.84. The average molecular weight is 146 g/mol. The Bertz CT molecular complexity index is 312. The van der Waals surface area contributed by atoms with E-state index in [0.29, 0.717) is 0 Å². The molecule has 0 aliphatic carbocycles. The van der Waals surface area contributed by atoms with Crippen LogP contribution in [0.15, 0.2) is 43.0 Å². The van der Waals surface area contributed by atoms with E-state index in [-0.39, 0.29) is 0 Å². The monoisotopic (exact) mass is 146 g/mol. The van der Waals surface area contributed by atoms with Crippen LogP contribution in [0.5, 0.6) is 0 Å². The second-order valence-electron chi connectivity index (χ2n) is 2.25. The van der Waals surface area contributed by atoms with Crippen molar-refractivity contribution >= 4 is 0 Å². The van der Waals surface area contributed by atoms with Gasteiger partial charge in [-0.3, -0.25) is 0 Å². The lowest BCUT2D eigenvalue weighted by molar-refractivity contribution is -0.595. The van der Waals surface area contributed by atoms with Gasteiger partial charge in [-0.2, -0.15) is 0 Å². The average Bonchev–Trinajstić information content (AvgIpc) is 2.58. The summed E-state index contributed by atoms with van der Waals surface area (Å²) in [5.74, 6) is 0. The molecular weight excluding hydrogens is 138 g/mol. The number of hydrogen-bond acceptors (Lipinski definition) is 1. The number of rotatable bonds is 1. The zero-order chi connectivity index (χ0) is 7.52. The standard InChI is InChI=1S/C8H7N3/c1-2-4-8(5-3-1)11-6-9-10-7-11/h1-7H/p+1. The Kier molecular flexibility index (Phi) is 1.41. The van der Waals surface area contributed by atoms with E-state index in [1.165, 1.54) is 0 Å². The summed E-state index contributed by atoms with van der Waals surface area (Å²) in [5, 5.41) is 6.58. The van der Waals surface area contributed by atoms with Crippen LogP contribution in [0, 0.1) is 0 Å². The summed E-state index contributed by atoms with van der Waals surface area (Å²) in [6, 6.07) is 10.0. The molecule has 0 spiro atoms. The Morgan fingerprint density at radius 2 is 2.00 bits per heavy atom. The molecule has 0 aliphatic heterocycles. The van der Waals surface area contributed by atoms with Crippen molar-refractivity contribution in [2.45, 2.75) is 0 Å². The van der Waals surface area contributed by atoms with Crippen LogP contribution in [0.25, 0.3) is 5.69 Å². The topological polar surface area (TPSA) is 32.6 Å². The minimum Gasteiger partial charge on any atom is -0.204 e. The largest absolute Gasteiger partial charge is 0.269 e. The van der Waals surface area contributed by atoms with E-state index in [4.69, 9.17) is 0 Å². The first-order valence-electron chi connectivity index (χ1n) is 3.42. The van der Waals surface area contributed by atoms with Crippen molar-refractivity contribution in [3.05, 3.63) is 43.0 Å². The molecular formula is C8H8N3+. The SMILES string of the molecule is c1ccc(-[n+]2cn[nH]c2)cc1. The molecule has 1 aromatic carbocycles. The van der Waals surface area contributed by atoms with Crippen LogP contribution >= 0.6 is 0 Å². The van der Waals surface area contributed by atoms with Crippen LogP contribution in [-0.2, 0) is 0 Å². The molecule has 2 rings (SSSR count).